The first-order valence-electron chi connectivity index (χ1n) is 5.30. The van der Waals surface area contributed by atoms with Gasteiger partial charge in [0.25, 0.3) is 0 Å². The number of hydrogen-bond acceptors (Lipinski definition) is 3. The Labute approximate surface area is 83.5 Å². The Bertz CT molecular complexity index is 338. The van der Waals surface area contributed by atoms with Gasteiger partial charge in [-0.25, -0.2) is 0 Å². The van der Waals surface area contributed by atoms with Crippen molar-refractivity contribution in [3.63, 3.8) is 0 Å². The summed E-state index contributed by atoms with van der Waals surface area (Å²) in [5.41, 5.74) is 7.81. The molecule has 4 nitrogen and oxygen atoms in total. The summed E-state index contributed by atoms with van der Waals surface area (Å²) in [4.78, 5) is 0. The van der Waals surface area contributed by atoms with Gasteiger partial charge in [0.2, 0.25) is 0 Å². The second-order valence-corrected chi connectivity index (χ2v) is 4.50. The van der Waals surface area contributed by atoms with Crippen LogP contribution in [0.3, 0.4) is 0 Å². The molecule has 2 aliphatic heterocycles. The fourth-order valence-electron chi connectivity index (χ4n) is 2.84. The molecule has 14 heavy (non-hydrogen) atoms. The molecular weight excluding hydrogens is 176 g/mol. The van der Waals surface area contributed by atoms with Crippen molar-refractivity contribution in [2.45, 2.75) is 25.4 Å². The van der Waals surface area contributed by atoms with Gasteiger partial charge in [-0.3, -0.25) is 4.68 Å². The molecule has 2 aliphatic rings. The van der Waals surface area contributed by atoms with E-state index < -0.39 is 0 Å². The number of nitrogens with two attached hydrogens (primary N) is 1. The van der Waals surface area contributed by atoms with Crippen LogP contribution >= 0.6 is 0 Å². The van der Waals surface area contributed by atoms with Gasteiger partial charge in [-0.1, -0.05) is 0 Å². The lowest BCUT2D eigenvalue weighted by Gasteiger charge is -2.36. The van der Waals surface area contributed by atoms with Crippen LogP contribution < -0.4 is 11.1 Å². The Morgan fingerprint density at radius 1 is 1.50 bits per heavy atom. The molecule has 0 unspecified atom stereocenters. The summed E-state index contributed by atoms with van der Waals surface area (Å²) < 4.78 is 2.08. The summed E-state index contributed by atoms with van der Waals surface area (Å²) in [6.45, 7) is 3.20. The van der Waals surface area contributed by atoms with Gasteiger partial charge in [0.05, 0.1) is 11.7 Å². The highest BCUT2D eigenvalue weighted by molar-refractivity contribution is 5.17. The van der Waals surface area contributed by atoms with Gasteiger partial charge < -0.3 is 11.1 Å². The summed E-state index contributed by atoms with van der Waals surface area (Å²) in [5, 5.41) is 7.70. The SMILES string of the molecule is N[C@@H]1c2ccnn2CC12CCNCC2. The topological polar surface area (TPSA) is 55.9 Å². The minimum Gasteiger partial charge on any atom is -0.322 e. The van der Waals surface area contributed by atoms with E-state index in [0.717, 1.165) is 19.6 Å². The Morgan fingerprint density at radius 3 is 3.00 bits per heavy atom. The van der Waals surface area contributed by atoms with Crippen LogP contribution in [0.15, 0.2) is 12.3 Å². The van der Waals surface area contributed by atoms with Crippen LogP contribution in [0.4, 0.5) is 0 Å². The van der Waals surface area contributed by atoms with Gasteiger partial charge in [0.15, 0.2) is 0 Å². The van der Waals surface area contributed by atoms with Crippen molar-refractivity contribution in [1.29, 1.82) is 0 Å². The molecule has 0 amide bonds. The quantitative estimate of drug-likeness (QED) is 0.620. The largest absolute Gasteiger partial charge is 0.322 e. The van der Waals surface area contributed by atoms with Crippen molar-refractivity contribution in [1.82, 2.24) is 15.1 Å². The number of nitrogens with zero attached hydrogens (tertiary/aromatic N) is 2. The monoisotopic (exact) mass is 192 g/mol. The van der Waals surface area contributed by atoms with Crippen LogP contribution in [0, 0.1) is 5.41 Å². The van der Waals surface area contributed by atoms with Crippen LogP contribution in [0.5, 0.6) is 0 Å². The Morgan fingerprint density at radius 2 is 2.29 bits per heavy atom. The zero-order valence-electron chi connectivity index (χ0n) is 8.24. The van der Waals surface area contributed by atoms with Gasteiger partial charge >= 0.3 is 0 Å². The summed E-state index contributed by atoms with van der Waals surface area (Å²) in [6.07, 6.45) is 4.21. The molecule has 1 aromatic rings. The molecule has 0 aliphatic carbocycles. The Kier molecular flexibility index (Phi) is 1.69. The predicted molar refractivity (Wildman–Crippen MR) is 53.7 cm³/mol. The van der Waals surface area contributed by atoms with Crippen LogP contribution in [0.1, 0.15) is 24.6 Å². The van der Waals surface area contributed by atoms with Crippen LogP contribution in [-0.2, 0) is 6.54 Å². The lowest BCUT2D eigenvalue weighted by molar-refractivity contribution is 0.158. The van der Waals surface area contributed by atoms with Crippen molar-refractivity contribution < 1.29 is 0 Å². The van der Waals surface area contributed by atoms with Crippen LogP contribution in [-0.4, -0.2) is 22.9 Å². The van der Waals surface area contributed by atoms with E-state index in [9.17, 15) is 0 Å². The number of fused-ring (bicyclic) bond motifs is 1. The minimum atomic E-state index is 0.187. The Balaban J connectivity index is 1.94. The summed E-state index contributed by atoms with van der Waals surface area (Å²) in [7, 11) is 0. The average Bonchev–Trinajstić information content (AvgIpc) is 2.73. The maximum atomic E-state index is 6.31. The predicted octanol–water partition coefficient (Wildman–Crippen LogP) is 0.266. The van der Waals surface area contributed by atoms with Crippen LogP contribution in [0.2, 0.25) is 0 Å². The molecule has 1 fully saturated rings. The number of aromatic nitrogens is 2. The first-order chi connectivity index (χ1) is 6.82. The maximum absolute atomic E-state index is 6.31. The molecule has 3 N–H and O–H groups in total. The summed E-state index contributed by atoms with van der Waals surface area (Å²) in [6, 6.07) is 2.24. The zero-order chi connectivity index (χ0) is 9.60. The van der Waals surface area contributed by atoms with Gasteiger partial charge in [-0.2, -0.15) is 5.10 Å². The highest BCUT2D eigenvalue weighted by Gasteiger charge is 2.45. The number of piperidine rings is 1. The van der Waals surface area contributed by atoms with Crippen molar-refractivity contribution in [3.8, 4) is 0 Å². The van der Waals surface area contributed by atoms with E-state index >= 15 is 0 Å². The van der Waals surface area contributed by atoms with Gasteiger partial charge in [-0.15, -0.1) is 0 Å². The molecule has 1 saturated heterocycles. The molecule has 1 atom stereocenters. The fourth-order valence-corrected chi connectivity index (χ4v) is 2.84. The number of rotatable bonds is 0. The van der Waals surface area contributed by atoms with Crippen molar-refractivity contribution >= 4 is 0 Å². The normalized spacial score (nSPS) is 29.4. The highest BCUT2D eigenvalue weighted by Crippen LogP contribution is 2.46. The van der Waals surface area contributed by atoms with Gasteiger partial charge in [0, 0.05) is 18.2 Å². The van der Waals surface area contributed by atoms with Gasteiger partial charge in [-0.05, 0) is 32.0 Å². The summed E-state index contributed by atoms with van der Waals surface area (Å²) in [5.74, 6) is 0. The molecule has 0 saturated carbocycles. The second-order valence-electron chi connectivity index (χ2n) is 4.50. The van der Waals surface area contributed by atoms with E-state index in [1.165, 1.54) is 18.5 Å². The smallest absolute Gasteiger partial charge is 0.0558 e. The lowest BCUT2D eigenvalue weighted by atomic mass is 9.74. The molecule has 0 aromatic carbocycles. The molecule has 0 bridgehead atoms. The van der Waals surface area contributed by atoms with E-state index in [4.69, 9.17) is 5.73 Å². The summed E-state index contributed by atoms with van der Waals surface area (Å²) >= 11 is 0. The first-order valence-corrected chi connectivity index (χ1v) is 5.30. The van der Waals surface area contributed by atoms with E-state index in [0.29, 0.717) is 0 Å². The lowest BCUT2D eigenvalue weighted by Crippen LogP contribution is -2.42. The van der Waals surface area contributed by atoms with Crippen molar-refractivity contribution in [2.75, 3.05) is 13.1 Å². The number of nitrogens with one attached hydrogen (secondary N) is 1. The second kappa shape index (κ2) is 2.81. The van der Waals surface area contributed by atoms with E-state index in [1.807, 2.05) is 6.20 Å². The third-order valence-electron chi connectivity index (χ3n) is 3.79. The molecule has 76 valence electrons. The molecule has 3 heterocycles. The van der Waals surface area contributed by atoms with E-state index in [-0.39, 0.29) is 11.5 Å². The number of hydrogen-bond donors (Lipinski definition) is 2. The minimum absolute atomic E-state index is 0.187. The van der Waals surface area contributed by atoms with Crippen molar-refractivity contribution in [3.05, 3.63) is 18.0 Å². The maximum Gasteiger partial charge on any atom is 0.0558 e. The first kappa shape index (κ1) is 8.44. The van der Waals surface area contributed by atoms with E-state index in [1.54, 1.807) is 0 Å². The molecular formula is C10H16N4. The zero-order valence-corrected chi connectivity index (χ0v) is 8.24. The molecule has 1 aromatic heterocycles. The highest BCUT2D eigenvalue weighted by atomic mass is 15.3. The third kappa shape index (κ3) is 0.980. The molecule has 0 radical (unpaired) electrons. The van der Waals surface area contributed by atoms with Gasteiger partial charge in [0.1, 0.15) is 0 Å². The Hall–Kier alpha value is -0.870. The van der Waals surface area contributed by atoms with Crippen molar-refractivity contribution in [2.24, 2.45) is 11.1 Å². The average molecular weight is 192 g/mol. The van der Waals surface area contributed by atoms with E-state index in [2.05, 4.69) is 21.2 Å². The fraction of sp³-hybridized carbons (Fsp3) is 0.700. The molecule has 4 heteroatoms. The molecule has 3 rings (SSSR count). The standard InChI is InChI=1S/C10H16N4/c11-9-8-1-4-13-14(8)7-10(9)2-5-12-6-3-10/h1,4,9,12H,2-3,5-7,11H2/t9-/m1/s1. The third-order valence-corrected chi connectivity index (χ3v) is 3.79. The van der Waals surface area contributed by atoms with Crippen LogP contribution in [0.25, 0.3) is 0 Å². The molecule has 1 spiro atoms.